The molecule has 1 N–H and O–H groups in total. The Morgan fingerprint density at radius 1 is 1.19 bits per heavy atom. The molecule has 7 heteroatoms. The smallest absolute Gasteiger partial charge is 0.304 e. The zero-order valence-electron chi connectivity index (χ0n) is 18.8. The molecule has 3 rings (SSSR count). The Kier molecular flexibility index (Phi) is 7.98. The molecular formula is C25H31N3O4. The predicted octanol–water partition coefficient (Wildman–Crippen LogP) is 3.17. The molecular weight excluding hydrogens is 406 g/mol. The van der Waals surface area contributed by atoms with Crippen LogP contribution in [-0.2, 0) is 29.0 Å². The van der Waals surface area contributed by atoms with Crippen molar-refractivity contribution in [2.24, 2.45) is 5.92 Å². The van der Waals surface area contributed by atoms with Crippen molar-refractivity contribution in [2.45, 2.75) is 45.6 Å². The van der Waals surface area contributed by atoms with E-state index in [4.69, 9.17) is 0 Å². The summed E-state index contributed by atoms with van der Waals surface area (Å²) in [6, 6.07) is 9.43. The van der Waals surface area contributed by atoms with Gasteiger partial charge in [0.05, 0.1) is 12.3 Å². The molecule has 2 heterocycles. The van der Waals surface area contributed by atoms with Gasteiger partial charge in [0, 0.05) is 44.6 Å². The van der Waals surface area contributed by atoms with Crippen LogP contribution in [0.25, 0.3) is 0 Å². The second kappa shape index (κ2) is 10.9. The third-order valence-corrected chi connectivity index (χ3v) is 5.98. The van der Waals surface area contributed by atoms with Gasteiger partial charge in [0.1, 0.15) is 0 Å². The van der Waals surface area contributed by atoms with E-state index >= 15 is 0 Å². The molecule has 0 saturated carbocycles. The third-order valence-electron chi connectivity index (χ3n) is 5.98. The lowest BCUT2D eigenvalue weighted by Crippen LogP contribution is -2.36. The van der Waals surface area contributed by atoms with Gasteiger partial charge in [0.15, 0.2) is 0 Å². The maximum Gasteiger partial charge on any atom is 0.304 e. The summed E-state index contributed by atoms with van der Waals surface area (Å²) < 4.78 is 0. The van der Waals surface area contributed by atoms with Crippen LogP contribution < -0.4 is 0 Å². The quantitative estimate of drug-likeness (QED) is 0.651. The molecule has 2 amide bonds. The molecule has 1 atom stereocenters. The summed E-state index contributed by atoms with van der Waals surface area (Å²) in [5.41, 5.74) is 3.54. The second-order valence-corrected chi connectivity index (χ2v) is 8.43. The number of carbonyl (C=O) groups excluding carboxylic acids is 2. The van der Waals surface area contributed by atoms with Gasteiger partial charge in [0.2, 0.25) is 5.91 Å². The number of carboxylic acid groups (broad SMARTS) is 1. The summed E-state index contributed by atoms with van der Waals surface area (Å²) >= 11 is 0. The lowest BCUT2D eigenvalue weighted by molar-refractivity contribution is -0.144. The van der Waals surface area contributed by atoms with E-state index in [0.717, 1.165) is 36.0 Å². The van der Waals surface area contributed by atoms with Crippen molar-refractivity contribution in [2.75, 3.05) is 20.1 Å². The van der Waals surface area contributed by atoms with Crippen LogP contribution in [0.1, 0.15) is 53.2 Å². The van der Waals surface area contributed by atoms with Crippen molar-refractivity contribution in [3.8, 4) is 0 Å². The molecule has 0 unspecified atom stereocenters. The summed E-state index contributed by atoms with van der Waals surface area (Å²) in [4.78, 5) is 44.8. The largest absolute Gasteiger partial charge is 0.481 e. The number of hydrogen-bond donors (Lipinski definition) is 1. The number of aromatic nitrogens is 1. The van der Waals surface area contributed by atoms with E-state index in [1.165, 1.54) is 0 Å². The van der Waals surface area contributed by atoms with Crippen molar-refractivity contribution < 1.29 is 19.5 Å². The first kappa shape index (κ1) is 23.4. The monoisotopic (exact) mass is 437 g/mol. The molecule has 7 nitrogen and oxygen atoms in total. The van der Waals surface area contributed by atoms with Crippen LogP contribution in [0.5, 0.6) is 0 Å². The van der Waals surface area contributed by atoms with Gasteiger partial charge in [-0.1, -0.05) is 19.4 Å². The van der Waals surface area contributed by atoms with Crippen LogP contribution in [0.2, 0.25) is 0 Å². The van der Waals surface area contributed by atoms with Crippen molar-refractivity contribution in [3.05, 3.63) is 65.0 Å². The Morgan fingerprint density at radius 3 is 2.62 bits per heavy atom. The zero-order valence-corrected chi connectivity index (χ0v) is 18.8. The maximum atomic E-state index is 13.0. The highest BCUT2D eigenvalue weighted by atomic mass is 16.4. The van der Waals surface area contributed by atoms with Gasteiger partial charge in [-0.3, -0.25) is 19.4 Å². The molecule has 1 aliphatic rings. The van der Waals surface area contributed by atoms with Crippen LogP contribution in [0, 0.1) is 5.92 Å². The highest BCUT2D eigenvalue weighted by Crippen LogP contribution is 2.27. The number of benzene rings is 1. The molecule has 170 valence electrons. The van der Waals surface area contributed by atoms with Crippen LogP contribution in [0.4, 0.5) is 0 Å². The van der Waals surface area contributed by atoms with E-state index in [1.807, 2.05) is 30.3 Å². The highest BCUT2D eigenvalue weighted by Gasteiger charge is 2.31. The van der Waals surface area contributed by atoms with Crippen molar-refractivity contribution >= 4 is 17.8 Å². The topological polar surface area (TPSA) is 90.8 Å². The number of amides is 2. The number of pyridine rings is 1. The molecule has 1 aromatic heterocycles. The number of aliphatic carboxylic acids is 1. The Labute approximate surface area is 189 Å². The number of carbonyl (C=O) groups is 3. The maximum absolute atomic E-state index is 13.0. The number of rotatable bonds is 9. The average molecular weight is 438 g/mol. The van der Waals surface area contributed by atoms with Crippen molar-refractivity contribution in [3.63, 3.8) is 0 Å². The van der Waals surface area contributed by atoms with Crippen LogP contribution >= 0.6 is 0 Å². The minimum Gasteiger partial charge on any atom is -0.481 e. The fraction of sp³-hybridized carbons (Fsp3) is 0.440. The minimum atomic E-state index is -0.981. The third kappa shape index (κ3) is 5.93. The first-order valence-electron chi connectivity index (χ1n) is 11.2. The number of unbranched alkanes of at least 4 members (excludes halogenated alkanes) is 1. The molecule has 32 heavy (non-hydrogen) atoms. The fourth-order valence-electron chi connectivity index (χ4n) is 4.07. The average Bonchev–Trinajstić information content (AvgIpc) is 2.91. The summed E-state index contributed by atoms with van der Waals surface area (Å²) in [7, 11) is 1.78. The second-order valence-electron chi connectivity index (χ2n) is 8.43. The first-order chi connectivity index (χ1) is 15.4. The first-order valence-corrected chi connectivity index (χ1v) is 11.2. The molecule has 0 bridgehead atoms. The number of hydrogen-bond acceptors (Lipinski definition) is 4. The lowest BCUT2D eigenvalue weighted by atomic mass is 9.93. The van der Waals surface area contributed by atoms with Gasteiger partial charge in [-0.05, 0) is 60.2 Å². The van der Waals surface area contributed by atoms with E-state index in [-0.39, 0.29) is 18.2 Å². The summed E-state index contributed by atoms with van der Waals surface area (Å²) in [5.74, 6) is -1.79. The Morgan fingerprint density at radius 2 is 1.94 bits per heavy atom. The van der Waals surface area contributed by atoms with Gasteiger partial charge < -0.3 is 14.9 Å². The molecule has 0 spiro atoms. The number of carboxylic acids is 1. The molecule has 0 radical (unpaired) electrons. The van der Waals surface area contributed by atoms with Gasteiger partial charge in [-0.2, -0.15) is 0 Å². The van der Waals surface area contributed by atoms with E-state index in [1.54, 1.807) is 29.2 Å². The lowest BCUT2D eigenvalue weighted by Gasteiger charge is -2.23. The minimum absolute atomic E-state index is 0.0879. The number of nitrogens with zero attached hydrogens (tertiary/aromatic N) is 3. The van der Waals surface area contributed by atoms with E-state index < -0.39 is 11.9 Å². The molecule has 1 aliphatic heterocycles. The number of fused-ring (bicyclic) bond motifs is 1. The van der Waals surface area contributed by atoms with Crippen molar-refractivity contribution in [1.82, 2.24) is 14.8 Å². The number of likely N-dealkylation sites (N-methyl/N-ethyl adjacent to an activating group) is 1. The van der Waals surface area contributed by atoms with Crippen LogP contribution in [-0.4, -0.2) is 57.8 Å². The van der Waals surface area contributed by atoms with E-state index in [2.05, 4.69) is 11.9 Å². The fourth-order valence-corrected chi connectivity index (χ4v) is 4.07. The summed E-state index contributed by atoms with van der Waals surface area (Å²) in [6.45, 7) is 3.71. The Hall–Kier alpha value is -3.22. The van der Waals surface area contributed by atoms with Crippen LogP contribution in [0.3, 0.4) is 0 Å². The highest BCUT2D eigenvalue weighted by molar-refractivity contribution is 5.94. The Balaban J connectivity index is 1.78. The molecule has 2 aromatic rings. The molecule has 0 fully saturated rings. The summed E-state index contributed by atoms with van der Waals surface area (Å²) in [6.07, 6.45) is 6.18. The molecule has 0 saturated heterocycles. The van der Waals surface area contributed by atoms with Gasteiger partial charge in [0.25, 0.3) is 5.91 Å². The van der Waals surface area contributed by atoms with Gasteiger partial charge in [-0.25, -0.2) is 0 Å². The van der Waals surface area contributed by atoms with Crippen molar-refractivity contribution in [1.29, 1.82) is 0 Å². The standard InChI is InChI=1S/C25H31N3O4/c1-3-4-12-28-17-20-6-5-19(14-21(20)15-22(25(28)32)16-23(29)30)24(31)27(2)13-9-18-7-10-26-11-8-18/h5-8,10-11,14,22H,3-4,9,12-13,15-17H2,1-2H3,(H,29,30)/t22-/m1/s1. The predicted molar refractivity (Wildman–Crippen MR) is 121 cm³/mol. The molecule has 0 aliphatic carbocycles. The Bertz CT molecular complexity index is 961. The summed E-state index contributed by atoms with van der Waals surface area (Å²) in [5, 5.41) is 9.32. The SMILES string of the molecule is CCCCN1Cc2ccc(C(=O)N(C)CCc3ccncc3)cc2C[C@H](CC(=O)O)C1=O. The zero-order chi connectivity index (χ0) is 23.1. The normalized spacial score (nSPS) is 15.8. The van der Waals surface area contributed by atoms with E-state index in [9.17, 15) is 19.5 Å². The van der Waals surface area contributed by atoms with E-state index in [0.29, 0.717) is 31.6 Å². The van der Waals surface area contributed by atoms with Gasteiger partial charge in [-0.15, -0.1) is 0 Å². The molecule has 1 aromatic carbocycles. The van der Waals surface area contributed by atoms with Crippen LogP contribution in [0.15, 0.2) is 42.7 Å². The van der Waals surface area contributed by atoms with Gasteiger partial charge >= 0.3 is 5.97 Å².